The Morgan fingerprint density at radius 2 is 1.05 bits per heavy atom. The molecule has 0 amide bonds. The Morgan fingerprint density at radius 1 is 0.727 bits per heavy atom. The first-order valence-corrected chi connectivity index (χ1v) is 10.6. The van der Waals surface area contributed by atoms with Gasteiger partial charge in [0.15, 0.2) is 12.6 Å². The molecular formula is C15H37NO4Si2. The van der Waals surface area contributed by atoms with E-state index in [-0.39, 0.29) is 12.6 Å². The zero-order valence-electron chi connectivity index (χ0n) is 15.6. The van der Waals surface area contributed by atoms with Crippen LogP contribution in [0.5, 0.6) is 0 Å². The molecule has 0 saturated carbocycles. The average Bonchev–Trinajstić information content (AvgIpc) is 2.49. The van der Waals surface area contributed by atoms with E-state index in [1.807, 2.05) is 0 Å². The van der Waals surface area contributed by atoms with E-state index in [9.17, 15) is 0 Å². The molecule has 0 fully saturated rings. The first-order chi connectivity index (χ1) is 10.5. The Labute approximate surface area is 142 Å². The van der Waals surface area contributed by atoms with Crippen molar-refractivity contribution in [3.8, 4) is 0 Å². The fourth-order valence-corrected chi connectivity index (χ4v) is 4.78. The molecule has 0 spiro atoms. The van der Waals surface area contributed by atoms with Gasteiger partial charge in [-0.2, -0.15) is 0 Å². The van der Waals surface area contributed by atoms with Crippen LogP contribution in [-0.4, -0.2) is 86.5 Å². The maximum atomic E-state index is 5.33. The highest BCUT2D eigenvalue weighted by molar-refractivity contribution is 6.12. The van der Waals surface area contributed by atoms with Gasteiger partial charge >= 0.3 is 0 Å². The van der Waals surface area contributed by atoms with Crippen molar-refractivity contribution in [2.75, 3.05) is 48.6 Å². The minimum atomic E-state index is -0.0252. The van der Waals surface area contributed by atoms with Crippen LogP contribution in [0.2, 0.25) is 11.1 Å². The Morgan fingerprint density at radius 3 is 1.32 bits per heavy atom. The highest BCUT2D eigenvalue weighted by atomic mass is 28.1. The lowest BCUT2D eigenvalue weighted by Gasteiger charge is -2.24. The quantitative estimate of drug-likeness (QED) is 0.326. The SMILES string of the molecule is COC(OC)C([SiH3])CCCN(C)CCCC([SiH3])C(OC)OC. The van der Waals surface area contributed by atoms with Gasteiger partial charge in [-0.05, 0) is 56.9 Å². The molecule has 7 heteroatoms. The molecule has 0 aliphatic rings. The number of nitrogens with zero attached hydrogens (tertiary/aromatic N) is 1. The highest BCUT2D eigenvalue weighted by Gasteiger charge is 2.16. The summed E-state index contributed by atoms with van der Waals surface area (Å²) in [5, 5.41) is 0. The summed E-state index contributed by atoms with van der Waals surface area (Å²) in [6.45, 7) is 2.28. The summed E-state index contributed by atoms with van der Waals surface area (Å²) in [6.07, 6.45) is 4.72. The van der Waals surface area contributed by atoms with E-state index in [0.29, 0.717) is 11.1 Å². The molecule has 0 bridgehead atoms. The maximum Gasteiger partial charge on any atom is 0.156 e. The van der Waals surface area contributed by atoms with Gasteiger partial charge in [0.1, 0.15) is 0 Å². The van der Waals surface area contributed by atoms with Gasteiger partial charge in [-0.15, -0.1) is 0 Å². The van der Waals surface area contributed by atoms with E-state index in [1.54, 1.807) is 28.4 Å². The van der Waals surface area contributed by atoms with Crippen LogP contribution < -0.4 is 0 Å². The third kappa shape index (κ3) is 9.39. The van der Waals surface area contributed by atoms with Crippen LogP contribution >= 0.6 is 0 Å². The van der Waals surface area contributed by atoms with Gasteiger partial charge in [0.25, 0.3) is 0 Å². The highest BCUT2D eigenvalue weighted by Crippen LogP contribution is 2.19. The molecule has 2 atom stereocenters. The smallest absolute Gasteiger partial charge is 0.156 e. The fourth-order valence-electron chi connectivity index (χ4n) is 2.87. The lowest BCUT2D eigenvalue weighted by Crippen LogP contribution is -2.25. The topological polar surface area (TPSA) is 40.2 Å². The second-order valence-electron chi connectivity index (χ2n) is 6.22. The fraction of sp³-hybridized carbons (Fsp3) is 1.00. The first-order valence-electron chi connectivity index (χ1n) is 8.29. The molecule has 0 aromatic carbocycles. The molecule has 2 unspecified atom stereocenters. The maximum absolute atomic E-state index is 5.33. The molecule has 0 heterocycles. The monoisotopic (exact) mass is 351 g/mol. The zero-order valence-corrected chi connectivity index (χ0v) is 19.6. The van der Waals surface area contributed by atoms with Crippen LogP contribution in [0, 0.1) is 0 Å². The first kappa shape index (κ1) is 22.2. The summed E-state index contributed by atoms with van der Waals surface area (Å²) in [4.78, 5) is 2.42. The third-order valence-corrected chi connectivity index (χ3v) is 6.50. The van der Waals surface area contributed by atoms with E-state index in [2.05, 4.69) is 11.9 Å². The summed E-state index contributed by atoms with van der Waals surface area (Å²) in [7, 11) is 11.3. The minimum Gasteiger partial charge on any atom is -0.356 e. The largest absolute Gasteiger partial charge is 0.356 e. The van der Waals surface area contributed by atoms with E-state index < -0.39 is 0 Å². The summed E-state index contributed by atoms with van der Waals surface area (Å²) in [5.74, 6) is 0. The molecule has 0 aliphatic heterocycles. The van der Waals surface area contributed by atoms with E-state index >= 15 is 0 Å². The minimum absolute atomic E-state index is 0.0252. The van der Waals surface area contributed by atoms with Crippen molar-refractivity contribution in [2.45, 2.75) is 49.3 Å². The second-order valence-corrected chi connectivity index (χ2v) is 9.19. The predicted octanol–water partition coefficient (Wildman–Crippen LogP) is 0.0242. The second kappa shape index (κ2) is 13.7. The van der Waals surface area contributed by atoms with Crippen molar-refractivity contribution in [1.82, 2.24) is 4.90 Å². The van der Waals surface area contributed by atoms with Crippen LogP contribution in [0.15, 0.2) is 0 Å². The van der Waals surface area contributed by atoms with Crippen LogP contribution in [0.1, 0.15) is 25.7 Å². The van der Waals surface area contributed by atoms with E-state index in [1.165, 1.54) is 25.7 Å². The molecule has 0 radical (unpaired) electrons. The van der Waals surface area contributed by atoms with Crippen LogP contribution in [-0.2, 0) is 18.9 Å². The zero-order chi connectivity index (χ0) is 17.0. The molecule has 0 aromatic heterocycles. The third-order valence-electron chi connectivity index (χ3n) is 4.26. The van der Waals surface area contributed by atoms with Gasteiger partial charge in [-0.1, -0.05) is 0 Å². The summed E-state index contributed by atoms with van der Waals surface area (Å²) >= 11 is 0. The van der Waals surface area contributed by atoms with Crippen molar-refractivity contribution in [3.63, 3.8) is 0 Å². The molecular weight excluding hydrogens is 314 g/mol. The summed E-state index contributed by atoms with van der Waals surface area (Å²) in [5.41, 5.74) is 1.14. The standard InChI is InChI=1S/C15H37NO4Si2/c1-16(10-6-8-12(21)14(17-2)18-3)11-7-9-13(22)15(19-4)20-5/h12-15H,6-11H2,1-5,21-22H3. The molecule has 5 nitrogen and oxygen atoms in total. The lowest BCUT2D eigenvalue weighted by molar-refractivity contribution is -0.106. The van der Waals surface area contributed by atoms with Crippen molar-refractivity contribution in [3.05, 3.63) is 0 Å². The number of hydrogen-bond donors (Lipinski definition) is 0. The number of hydrogen-bond acceptors (Lipinski definition) is 5. The van der Waals surface area contributed by atoms with E-state index in [0.717, 1.165) is 33.6 Å². The lowest BCUT2D eigenvalue weighted by atomic mass is 10.2. The molecule has 0 rings (SSSR count). The molecule has 0 aromatic rings. The van der Waals surface area contributed by atoms with Crippen molar-refractivity contribution < 1.29 is 18.9 Å². The number of ether oxygens (including phenoxy) is 4. The van der Waals surface area contributed by atoms with Gasteiger partial charge in [-0.3, -0.25) is 0 Å². The Hall–Kier alpha value is 0.234. The van der Waals surface area contributed by atoms with Crippen molar-refractivity contribution >= 4 is 20.5 Å². The van der Waals surface area contributed by atoms with Gasteiger partial charge in [0.05, 0.1) is 0 Å². The Bertz CT molecular complexity index is 230. The molecule has 0 N–H and O–H groups in total. The predicted molar refractivity (Wildman–Crippen MR) is 99.0 cm³/mol. The van der Waals surface area contributed by atoms with E-state index in [4.69, 9.17) is 18.9 Å². The van der Waals surface area contributed by atoms with Crippen LogP contribution in [0.4, 0.5) is 0 Å². The van der Waals surface area contributed by atoms with Crippen molar-refractivity contribution in [2.24, 2.45) is 0 Å². The van der Waals surface area contributed by atoms with Crippen LogP contribution in [0.25, 0.3) is 0 Å². The van der Waals surface area contributed by atoms with Gasteiger partial charge < -0.3 is 23.8 Å². The molecule has 134 valence electrons. The molecule has 0 saturated heterocycles. The average molecular weight is 352 g/mol. The molecule has 22 heavy (non-hydrogen) atoms. The van der Waals surface area contributed by atoms with Gasteiger partial charge in [0, 0.05) is 48.9 Å². The summed E-state index contributed by atoms with van der Waals surface area (Å²) in [6, 6.07) is 0. The normalized spacial score (nSPS) is 15.3. The number of rotatable bonds is 14. The van der Waals surface area contributed by atoms with Gasteiger partial charge in [0.2, 0.25) is 0 Å². The Kier molecular flexibility index (Phi) is 13.8. The number of methoxy groups -OCH3 is 4. The van der Waals surface area contributed by atoms with Crippen LogP contribution in [0.3, 0.4) is 0 Å². The van der Waals surface area contributed by atoms with Crippen molar-refractivity contribution in [1.29, 1.82) is 0 Å². The Balaban J connectivity index is 3.76. The van der Waals surface area contributed by atoms with Gasteiger partial charge in [-0.25, -0.2) is 0 Å². The summed E-state index contributed by atoms with van der Waals surface area (Å²) < 4.78 is 21.3. The molecule has 0 aliphatic carbocycles.